The van der Waals surface area contributed by atoms with Crippen molar-refractivity contribution in [3.8, 4) is 5.75 Å². The highest BCUT2D eigenvalue weighted by atomic mass is 16.5. The number of benzene rings is 2. The molecule has 0 bridgehead atoms. The molecule has 0 spiro atoms. The standard InChI is InChI=1S/C30H38N4O4/c1-7-8-18-34-27(25(35)21-38-30(2,3)4)28(32-29(34)33(5)6)31-26(36)19-22-14-16-24(17-15-22)37-20-23-12-10-9-11-13-23/h7-17H,18-21H2,1-6H3,(H,31,36)/b8-7-. The maximum atomic E-state index is 13.3. The SMILES string of the molecule is C/C=C\Cn1c(N(C)C)nc(NC(=O)Cc2ccc(OCc3ccccc3)cc2)c1C(=O)COC(C)(C)C. The molecule has 0 aliphatic carbocycles. The lowest BCUT2D eigenvalue weighted by molar-refractivity contribution is -0.115. The van der Waals surface area contributed by atoms with E-state index in [2.05, 4.69) is 10.3 Å². The van der Waals surface area contributed by atoms with E-state index in [1.165, 1.54) is 0 Å². The Morgan fingerprint density at radius 3 is 2.32 bits per heavy atom. The molecule has 8 heteroatoms. The largest absolute Gasteiger partial charge is 0.489 e. The normalized spacial score (nSPS) is 11.5. The van der Waals surface area contributed by atoms with Crippen molar-refractivity contribution in [2.75, 3.05) is 30.9 Å². The van der Waals surface area contributed by atoms with E-state index in [9.17, 15) is 9.59 Å². The molecule has 3 rings (SSSR count). The molecule has 202 valence electrons. The van der Waals surface area contributed by atoms with E-state index < -0.39 is 5.60 Å². The lowest BCUT2D eigenvalue weighted by atomic mass is 10.1. The maximum Gasteiger partial charge on any atom is 0.230 e. The number of allylic oxidation sites excluding steroid dienone is 2. The summed E-state index contributed by atoms with van der Waals surface area (Å²) >= 11 is 0. The second-order valence-corrected chi connectivity index (χ2v) is 10.2. The van der Waals surface area contributed by atoms with Crippen LogP contribution in [0.25, 0.3) is 0 Å². The number of nitrogens with one attached hydrogen (secondary N) is 1. The van der Waals surface area contributed by atoms with Crippen LogP contribution in [0.15, 0.2) is 66.7 Å². The molecule has 0 atom stereocenters. The zero-order chi connectivity index (χ0) is 27.7. The fraction of sp³-hybridized carbons (Fsp3) is 0.367. The summed E-state index contributed by atoms with van der Waals surface area (Å²) in [5.41, 5.74) is 1.74. The highest BCUT2D eigenvalue weighted by molar-refractivity contribution is 6.04. The molecule has 8 nitrogen and oxygen atoms in total. The Morgan fingerprint density at radius 1 is 1.03 bits per heavy atom. The van der Waals surface area contributed by atoms with Crippen molar-refractivity contribution in [2.24, 2.45) is 0 Å². The molecule has 1 aromatic heterocycles. The molecule has 1 N–H and O–H groups in total. The van der Waals surface area contributed by atoms with E-state index >= 15 is 0 Å². The van der Waals surface area contributed by atoms with Gasteiger partial charge in [-0.25, -0.2) is 0 Å². The minimum absolute atomic E-state index is 0.120. The Balaban J connectivity index is 1.75. The molecule has 0 unspecified atom stereocenters. The van der Waals surface area contributed by atoms with E-state index in [0.717, 1.165) is 16.9 Å². The number of hydrogen-bond acceptors (Lipinski definition) is 6. The fourth-order valence-electron chi connectivity index (χ4n) is 3.69. The van der Waals surface area contributed by atoms with Gasteiger partial charge in [0.25, 0.3) is 0 Å². The molecule has 2 aromatic carbocycles. The number of anilines is 2. The van der Waals surface area contributed by atoms with Crippen molar-refractivity contribution in [3.05, 3.63) is 83.6 Å². The van der Waals surface area contributed by atoms with Crippen LogP contribution in [-0.4, -0.2) is 47.5 Å². The molecule has 0 radical (unpaired) electrons. The molecule has 0 fully saturated rings. The number of ether oxygens (including phenoxy) is 2. The van der Waals surface area contributed by atoms with Crippen molar-refractivity contribution in [2.45, 2.75) is 52.9 Å². The Hall–Kier alpha value is -3.91. The third-order valence-electron chi connectivity index (χ3n) is 5.57. The lowest BCUT2D eigenvalue weighted by Crippen LogP contribution is -2.26. The number of nitrogens with zero attached hydrogens (tertiary/aromatic N) is 3. The number of ketones is 1. The van der Waals surface area contributed by atoms with Gasteiger partial charge in [-0.05, 0) is 51.0 Å². The van der Waals surface area contributed by atoms with E-state index in [1.54, 1.807) is 4.57 Å². The second-order valence-electron chi connectivity index (χ2n) is 10.2. The van der Waals surface area contributed by atoms with Crippen molar-refractivity contribution in [1.82, 2.24) is 9.55 Å². The molecule has 0 saturated heterocycles. The van der Waals surface area contributed by atoms with Crippen molar-refractivity contribution < 1.29 is 19.1 Å². The predicted molar refractivity (Wildman–Crippen MR) is 151 cm³/mol. The fourth-order valence-corrected chi connectivity index (χ4v) is 3.69. The molecule has 0 saturated carbocycles. The van der Waals surface area contributed by atoms with Gasteiger partial charge >= 0.3 is 0 Å². The monoisotopic (exact) mass is 518 g/mol. The zero-order valence-corrected chi connectivity index (χ0v) is 23.2. The number of imidazole rings is 1. The first-order valence-electron chi connectivity index (χ1n) is 12.7. The van der Waals surface area contributed by atoms with Gasteiger partial charge in [-0.15, -0.1) is 0 Å². The van der Waals surface area contributed by atoms with Crippen molar-refractivity contribution in [3.63, 3.8) is 0 Å². The summed E-state index contributed by atoms with van der Waals surface area (Å²) in [6.45, 7) is 8.38. The Kier molecular flexibility index (Phi) is 9.85. The van der Waals surface area contributed by atoms with Gasteiger partial charge in [-0.3, -0.25) is 9.59 Å². The van der Waals surface area contributed by atoms with Crippen molar-refractivity contribution in [1.29, 1.82) is 0 Å². The number of amides is 1. The number of rotatable bonds is 12. The first-order valence-corrected chi connectivity index (χ1v) is 12.7. The topological polar surface area (TPSA) is 85.7 Å². The molecule has 1 amide bonds. The van der Waals surface area contributed by atoms with Crippen LogP contribution < -0.4 is 15.0 Å². The predicted octanol–water partition coefficient (Wildman–Crippen LogP) is 5.28. The van der Waals surface area contributed by atoms with Gasteiger partial charge in [-0.1, -0.05) is 54.6 Å². The van der Waals surface area contributed by atoms with Crippen LogP contribution in [0.1, 0.15) is 49.3 Å². The van der Waals surface area contributed by atoms with Crippen molar-refractivity contribution >= 4 is 23.5 Å². The quantitative estimate of drug-likeness (QED) is 0.259. The highest BCUT2D eigenvalue weighted by Crippen LogP contribution is 2.25. The van der Waals surface area contributed by atoms with Gasteiger partial charge in [0.05, 0.1) is 12.0 Å². The van der Waals surface area contributed by atoms with Crippen LogP contribution in [0.3, 0.4) is 0 Å². The van der Waals surface area contributed by atoms with E-state index in [1.807, 2.05) is 113 Å². The van der Waals surface area contributed by atoms with Gasteiger partial charge in [0.15, 0.2) is 5.82 Å². The van der Waals surface area contributed by atoms with Crippen LogP contribution in [0.5, 0.6) is 5.75 Å². The first kappa shape index (κ1) is 28.7. The Bertz CT molecular complexity index is 1240. The Morgan fingerprint density at radius 2 is 1.71 bits per heavy atom. The second kappa shape index (κ2) is 13.1. The number of Topliss-reactive ketones (excluding diaryl/α,β-unsaturated/α-hetero) is 1. The molecule has 3 aromatic rings. The number of aromatic nitrogens is 2. The molecule has 1 heterocycles. The van der Waals surface area contributed by atoms with Gasteiger partial charge < -0.3 is 24.3 Å². The van der Waals surface area contributed by atoms with Crippen LogP contribution in [0.4, 0.5) is 11.8 Å². The van der Waals surface area contributed by atoms with E-state index in [0.29, 0.717) is 24.8 Å². The van der Waals surface area contributed by atoms with Gasteiger partial charge in [0.2, 0.25) is 17.6 Å². The summed E-state index contributed by atoms with van der Waals surface area (Å²) in [5.74, 6) is 1.00. The molecular weight excluding hydrogens is 480 g/mol. The lowest BCUT2D eigenvalue weighted by Gasteiger charge is -2.20. The average molecular weight is 519 g/mol. The number of carbonyl (C=O) groups excluding carboxylic acids is 2. The number of carbonyl (C=O) groups is 2. The summed E-state index contributed by atoms with van der Waals surface area (Å²) in [7, 11) is 3.70. The third-order valence-corrected chi connectivity index (χ3v) is 5.57. The first-order chi connectivity index (χ1) is 18.1. The highest BCUT2D eigenvalue weighted by Gasteiger charge is 2.26. The van der Waals surface area contributed by atoms with E-state index in [4.69, 9.17) is 9.47 Å². The molecule has 0 aliphatic heterocycles. The van der Waals surface area contributed by atoms with Gasteiger partial charge in [0, 0.05) is 20.6 Å². The van der Waals surface area contributed by atoms with Gasteiger partial charge in [0.1, 0.15) is 24.7 Å². The average Bonchev–Trinajstić information content (AvgIpc) is 3.23. The maximum absolute atomic E-state index is 13.3. The summed E-state index contributed by atoms with van der Waals surface area (Å²) in [6.07, 6.45) is 3.97. The smallest absolute Gasteiger partial charge is 0.230 e. The zero-order valence-electron chi connectivity index (χ0n) is 23.2. The Labute approximate surface area is 225 Å². The minimum atomic E-state index is -0.478. The molecule has 38 heavy (non-hydrogen) atoms. The summed E-state index contributed by atoms with van der Waals surface area (Å²) in [5, 5.41) is 2.86. The third kappa shape index (κ3) is 8.31. The van der Waals surface area contributed by atoms with Crippen LogP contribution in [-0.2, 0) is 29.1 Å². The van der Waals surface area contributed by atoms with E-state index in [-0.39, 0.29) is 30.5 Å². The molecule has 0 aliphatic rings. The van der Waals surface area contributed by atoms with Crippen LogP contribution in [0.2, 0.25) is 0 Å². The summed E-state index contributed by atoms with van der Waals surface area (Å²) in [6, 6.07) is 17.3. The van der Waals surface area contributed by atoms with Crippen LogP contribution >= 0.6 is 0 Å². The summed E-state index contributed by atoms with van der Waals surface area (Å²) < 4.78 is 13.4. The minimum Gasteiger partial charge on any atom is -0.489 e. The van der Waals surface area contributed by atoms with Crippen LogP contribution in [0, 0.1) is 0 Å². The van der Waals surface area contributed by atoms with Gasteiger partial charge in [-0.2, -0.15) is 4.98 Å². The molecular formula is C30H38N4O4. The summed E-state index contributed by atoms with van der Waals surface area (Å²) in [4.78, 5) is 32.7. The number of hydrogen-bond donors (Lipinski definition) is 1.